The molecule has 0 fully saturated rings. The number of hydrogen-bond acceptors (Lipinski definition) is 5. The fraction of sp³-hybridized carbons (Fsp3) is 0.538. The first-order valence-corrected chi connectivity index (χ1v) is 6.26. The molecule has 0 spiro atoms. The molecule has 0 bridgehead atoms. The first kappa shape index (κ1) is 16.2. The van der Waals surface area contributed by atoms with Crippen molar-refractivity contribution in [3.63, 3.8) is 0 Å². The second-order valence-electron chi connectivity index (χ2n) is 4.18. The van der Waals surface area contributed by atoms with Crippen LogP contribution in [0.5, 0.6) is 5.75 Å². The lowest BCUT2D eigenvalue weighted by Crippen LogP contribution is -2.30. The van der Waals surface area contributed by atoms with E-state index in [-0.39, 0.29) is 30.2 Å². The number of aliphatic hydroxyl groups excluding tert-OH is 1. The van der Waals surface area contributed by atoms with Gasteiger partial charge >= 0.3 is 0 Å². The van der Waals surface area contributed by atoms with Gasteiger partial charge in [0.25, 0.3) is 0 Å². The number of nitrogens with zero attached hydrogens (tertiary/aromatic N) is 1. The van der Waals surface area contributed by atoms with Crippen LogP contribution in [0.2, 0.25) is 0 Å². The van der Waals surface area contributed by atoms with Crippen molar-refractivity contribution in [2.75, 3.05) is 27.4 Å². The molecule has 1 aromatic rings. The topological polar surface area (TPSA) is 89.8 Å². The number of ether oxygens (including phenoxy) is 2. The summed E-state index contributed by atoms with van der Waals surface area (Å²) in [7, 11) is 2.98. The van der Waals surface area contributed by atoms with Gasteiger partial charge in [0.2, 0.25) is 11.3 Å². The van der Waals surface area contributed by atoms with E-state index in [1.807, 2.05) is 0 Å². The molecular formula is C13H20N2O5. The molecule has 0 radical (unpaired) electrons. The Kier molecular flexibility index (Phi) is 6.75. The van der Waals surface area contributed by atoms with Gasteiger partial charge in [-0.1, -0.05) is 0 Å². The minimum absolute atomic E-state index is 0.0134. The van der Waals surface area contributed by atoms with Gasteiger partial charge in [0.1, 0.15) is 6.54 Å². The first-order chi connectivity index (χ1) is 9.62. The normalized spacial score (nSPS) is 10.3. The molecule has 20 heavy (non-hydrogen) atoms. The fourth-order valence-electron chi connectivity index (χ4n) is 1.69. The summed E-state index contributed by atoms with van der Waals surface area (Å²) in [5.41, 5.74) is 0.0381. The number of methoxy groups -OCH3 is 2. The van der Waals surface area contributed by atoms with Gasteiger partial charge in [-0.2, -0.15) is 0 Å². The highest BCUT2D eigenvalue weighted by Gasteiger charge is 2.09. The maximum Gasteiger partial charge on any atom is 0.239 e. The second-order valence-corrected chi connectivity index (χ2v) is 4.18. The van der Waals surface area contributed by atoms with Gasteiger partial charge in [0, 0.05) is 32.0 Å². The summed E-state index contributed by atoms with van der Waals surface area (Å²) in [6, 6.07) is 1.26. The maximum atomic E-state index is 11.8. The molecule has 0 aromatic carbocycles. The highest BCUT2D eigenvalue weighted by atomic mass is 16.5. The molecule has 0 aliphatic carbocycles. The Labute approximate surface area is 117 Å². The number of rotatable bonds is 8. The van der Waals surface area contributed by atoms with Crippen LogP contribution in [0.15, 0.2) is 17.1 Å². The van der Waals surface area contributed by atoms with E-state index in [1.165, 1.54) is 23.9 Å². The number of aromatic nitrogens is 1. The van der Waals surface area contributed by atoms with E-state index < -0.39 is 0 Å². The molecule has 1 rings (SSSR count). The molecule has 1 heterocycles. The Balaban J connectivity index is 2.70. The zero-order chi connectivity index (χ0) is 15.0. The number of nitrogens with one attached hydrogen (secondary N) is 1. The zero-order valence-corrected chi connectivity index (χ0v) is 11.7. The van der Waals surface area contributed by atoms with Crippen LogP contribution in [-0.2, 0) is 22.7 Å². The van der Waals surface area contributed by atoms with E-state index in [2.05, 4.69) is 5.32 Å². The Morgan fingerprint density at radius 2 is 2.20 bits per heavy atom. The van der Waals surface area contributed by atoms with Crippen LogP contribution in [0.25, 0.3) is 0 Å². The van der Waals surface area contributed by atoms with Gasteiger partial charge in [-0.25, -0.2) is 0 Å². The summed E-state index contributed by atoms with van der Waals surface area (Å²) in [5, 5.41) is 11.9. The lowest BCUT2D eigenvalue weighted by Gasteiger charge is -2.13. The molecule has 0 atom stereocenters. The quantitative estimate of drug-likeness (QED) is 0.628. The van der Waals surface area contributed by atoms with Crippen molar-refractivity contribution in [3.8, 4) is 5.75 Å². The lowest BCUT2D eigenvalue weighted by molar-refractivity contribution is -0.121. The Morgan fingerprint density at radius 3 is 2.80 bits per heavy atom. The molecule has 0 unspecified atom stereocenters. The lowest BCUT2D eigenvalue weighted by atomic mass is 10.3. The minimum atomic E-state index is -0.326. The number of carbonyl (C=O) groups excluding carboxylic acids is 1. The maximum absolute atomic E-state index is 11.8. The smallest absolute Gasteiger partial charge is 0.239 e. The van der Waals surface area contributed by atoms with E-state index in [4.69, 9.17) is 9.47 Å². The number of carbonyl (C=O) groups is 1. The van der Waals surface area contributed by atoms with Gasteiger partial charge in [-0.05, 0) is 6.42 Å². The van der Waals surface area contributed by atoms with Crippen LogP contribution < -0.4 is 15.5 Å². The molecule has 112 valence electrons. The van der Waals surface area contributed by atoms with E-state index in [9.17, 15) is 14.7 Å². The molecule has 0 aliphatic rings. The molecule has 1 aromatic heterocycles. The highest BCUT2D eigenvalue weighted by Crippen LogP contribution is 2.06. The Morgan fingerprint density at radius 1 is 1.45 bits per heavy atom. The summed E-state index contributed by atoms with van der Waals surface area (Å²) < 4.78 is 11.3. The molecule has 0 aliphatic heterocycles. The average Bonchev–Trinajstić information content (AvgIpc) is 2.45. The van der Waals surface area contributed by atoms with Crippen molar-refractivity contribution in [1.29, 1.82) is 0 Å². The fourth-order valence-corrected chi connectivity index (χ4v) is 1.69. The van der Waals surface area contributed by atoms with Crippen molar-refractivity contribution in [2.24, 2.45) is 0 Å². The molecule has 7 heteroatoms. The molecule has 0 saturated heterocycles. The Bertz CT molecular complexity index is 498. The van der Waals surface area contributed by atoms with E-state index in [0.717, 1.165) is 6.42 Å². The van der Waals surface area contributed by atoms with Crippen molar-refractivity contribution in [1.82, 2.24) is 9.88 Å². The molecule has 0 saturated carbocycles. The van der Waals surface area contributed by atoms with Crippen LogP contribution >= 0.6 is 0 Å². The van der Waals surface area contributed by atoms with E-state index in [0.29, 0.717) is 18.8 Å². The standard InChI is InChI=1S/C13H20N2O5/c1-19-5-3-4-14-13(18)8-15-7-12(20-2)11(17)6-10(15)9-16/h6-7,16H,3-5,8-9H2,1-2H3,(H,14,18). The number of amides is 1. The molecule has 7 nitrogen and oxygen atoms in total. The number of hydrogen-bond donors (Lipinski definition) is 2. The third kappa shape index (κ3) is 4.67. The van der Waals surface area contributed by atoms with Crippen LogP contribution in [0, 0.1) is 0 Å². The summed E-state index contributed by atoms with van der Waals surface area (Å²) in [6.07, 6.45) is 2.14. The third-order valence-electron chi connectivity index (χ3n) is 2.73. The van der Waals surface area contributed by atoms with E-state index in [1.54, 1.807) is 7.11 Å². The van der Waals surface area contributed by atoms with Gasteiger partial charge in [-0.3, -0.25) is 9.59 Å². The van der Waals surface area contributed by atoms with Gasteiger partial charge in [-0.15, -0.1) is 0 Å². The van der Waals surface area contributed by atoms with Gasteiger partial charge < -0.3 is 24.5 Å². The predicted molar refractivity (Wildman–Crippen MR) is 72.7 cm³/mol. The largest absolute Gasteiger partial charge is 0.491 e. The minimum Gasteiger partial charge on any atom is -0.491 e. The summed E-state index contributed by atoms with van der Waals surface area (Å²) in [6.45, 7) is 0.780. The van der Waals surface area contributed by atoms with E-state index >= 15 is 0 Å². The summed E-state index contributed by atoms with van der Waals surface area (Å²) in [5.74, 6) is -0.0733. The second kappa shape index (κ2) is 8.34. The Hall–Kier alpha value is -1.86. The number of pyridine rings is 1. The van der Waals surface area contributed by atoms with Crippen LogP contribution in [0.1, 0.15) is 12.1 Å². The summed E-state index contributed by atoms with van der Waals surface area (Å²) >= 11 is 0. The molecular weight excluding hydrogens is 264 g/mol. The van der Waals surface area contributed by atoms with Crippen LogP contribution in [0.4, 0.5) is 0 Å². The van der Waals surface area contributed by atoms with Crippen molar-refractivity contribution >= 4 is 5.91 Å². The van der Waals surface area contributed by atoms with Crippen molar-refractivity contribution < 1.29 is 19.4 Å². The van der Waals surface area contributed by atoms with Gasteiger partial charge in [0.15, 0.2) is 5.75 Å². The monoisotopic (exact) mass is 284 g/mol. The van der Waals surface area contributed by atoms with Crippen LogP contribution in [0.3, 0.4) is 0 Å². The van der Waals surface area contributed by atoms with Crippen molar-refractivity contribution in [2.45, 2.75) is 19.6 Å². The third-order valence-corrected chi connectivity index (χ3v) is 2.73. The van der Waals surface area contributed by atoms with Crippen molar-refractivity contribution in [3.05, 3.63) is 28.2 Å². The molecule has 1 amide bonds. The van der Waals surface area contributed by atoms with Crippen LogP contribution in [-0.4, -0.2) is 43.0 Å². The van der Waals surface area contributed by atoms with Gasteiger partial charge in [0.05, 0.1) is 19.9 Å². The zero-order valence-electron chi connectivity index (χ0n) is 11.7. The predicted octanol–water partition coefficient (Wildman–Crippen LogP) is -0.498. The first-order valence-electron chi connectivity index (χ1n) is 6.26. The SMILES string of the molecule is COCCCNC(=O)Cn1cc(OC)c(=O)cc1CO. The number of aliphatic hydroxyl groups is 1. The highest BCUT2D eigenvalue weighted by molar-refractivity contribution is 5.75. The molecule has 2 N–H and O–H groups in total. The average molecular weight is 284 g/mol. The summed E-state index contributed by atoms with van der Waals surface area (Å²) in [4.78, 5) is 23.3.